The second kappa shape index (κ2) is 12.3. The summed E-state index contributed by atoms with van der Waals surface area (Å²) in [6, 6.07) is 37.7. The first-order valence-electron chi connectivity index (χ1n) is 22.1. The van der Waals surface area contributed by atoms with Gasteiger partial charge in [-0.15, -0.1) is 0 Å². The molecule has 0 radical (unpaired) electrons. The Morgan fingerprint density at radius 1 is 0.453 bits per heavy atom. The number of hydrogen-bond acceptors (Lipinski definition) is 2. The number of benzene rings is 8. The van der Waals surface area contributed by atoms with E-state index < -0.39 is 54.4 Å². The van der Waals surface area contributed by atoms with E-state index in [0.29, 0.717) is 17.1 Å². The van der Waals surface area contributed by atoms with Crippen LogP contribution in [0.15, 0.2) is 182 Å². The lowest BCUT2D eigenvalue weighted by molar-refractivity contribution is 0.661. The summed E-state index contributed by atoms with van der Waals surface area (Å²) >= 11 is 0. The molecule has 0 saturated carbocycles. The van der Waals surface area contributed by atoms with Gasteiger partial charge in [0.2, 0.25) is 0 Å². The summed E-state index contributed by atoms with van der Waals surface area (Å²) in [4.78, 5) is 9.95. The summed E-state index contributed by atoms with van der Waals surface area (Å²) in [6.45, 7) is 4.57. The number of aromatic nitrogens is 2. The van der Waals surface area contributed by atoms with E-state index in [1.807, 2.05) is 54.6 Å². The molecule has 0 amide bonds. The molecule has 0 unspecified atom stereocenters. The standard InChI is InChI=1S/C51H36N2/c1-51(2)45-26-14-25-43(49(45)44-30-36-19-9-10-20-37(36)31-46(44)51)41-27-28-42(40-24-12-11-23-39(40)41)48-32-47(52-50(53-48)34-17-7-4-8-18-34)38-22-13-21-35(29-38)33-15-5-3-6-16-33/h3-32H,1-2H3/i3D,5D,6D,13D,15D,16D,21D,22D,29D. The van der Waals surface area contributed by atoms with Crippen molar-refractivity contribution < 1.29 is 12.3 Å². The summed E-state index contributed by atoms with van der Waals surface area (Å²) in [7, 11) is 0. The molecule has 0 atom stereocenters. The SMILES string of the molecule is [2H]c1c([2H])c([2H])c(-c2c([2H])c([2H])c([2H])c(-c3cc(-c4ccc(-c5cccc6c5-c5cc7ccccc7cc5C6(C)C)c5ccccc45)nc(-c4ccccc4)n3)c2[2H])c([2H])c1[2H]. The van der Waals surface area contributed by atoms with Crippen molar-refractivity contribution >= 4 is 21.5 Å². The maximum Gasteiger partial charge on any atom is 0.160 e. The van der Waals surface area contributed by atoms with Gasteiger partial charge in [-0.25, -0.2) is 9.97 Å². The largest absolute Gasteiger partial charge is 0.228 e. The Labute approximate surface area is 322 Å². The van der Waals surface area contributed by atoms with Gasteiger partial charge in [-0.1, -0.05) is 171 Å². The minimum Gasteiger partial charge on any atom is -0.228 e. The van der Waals surface area contributed by atoms with Gasteiger partial charge in [0, 0.05) is 22.1 Å². The number of hydrogen-bond donors (Lipinski definition) is 0. The van der Waals surface area contributed by atoms with E-state index in [1.54, 1.807) is 6.07 Å². The first kappa shape index (κ1) is 23.0. The van der Waals surface area contributed by atoms with E-state index in [1.165, 1.54) is 33.0 Å². The molecule has 0 saturated heterocycles. The molecule has 250 valence electrons. The molecule has 1 heterocycles. The summed E-state index contributed by atoms with van der Waals surface area (Å²) in [5.41, 5.74) is 8.07. The second-order valence-electron chi connectivity index (χ2n) is 13.9. The van der Waals surface area contributed by atoms with Crippen molar-refractivity contribution in [2.45, 2.75) is 19.3 Å². The van der Waals surface area contributed by atoms with Crippen molar-refractivity contribution in [2.24, 2.45) is 0 Å². The van der Waals surface area contributed by atoms with Gasteiger partial charge < -0.3 is 0 Å². The molecule has 0 fully saturated rings. The zero-order valence-corrected chi connectivity index (χ0v) is 29.0. The molecule has 53 heavy (non-hydrogen) atoms. The third kappa shape index (κ3) is 5.18. The number of fused-ring (bicyclic) bond motifs is 5. The molecule has 0 aliphatic heterocycles. The highest BCUT2D eigenvalue weighted by atomic mass is 14.9. The fourth-order valence-corrected chi connectivity index (χ4v) is 7.86. The van der Waals surface area contributed by atoms with Crippen molar-refractivity contribution in [1.29, 1.82) is 0 Å². The number of nitrogens with zero attached hydrogens (tertiary/aromatic N) is 2. The second-order valence-corrected chi connectivity index (χ2v) is 13.9. The lowest BCUT2D eigenvalue weighted by Crippen LogP contribution is -2.14. The molecule has 10 rings (SSSR count). The summed E-state index contributed by atoms with van der Waals surface area (Å²) in [6.07, 6.45) is 0. The monoisotopic (exact) mass is 685 g/mol. The van der Waals surface area contributed by atoms with Crippen LogP contribution in [0.3, 0.4) is 0 Å². The summed E-state index contributed by atoms with van der Waals surface area (Å²) in [5.74, 6) is 0.294. The minimum absolute atomic E-state index is 0.117. The van der Waals surface area contributed by atoms with E-state index in [0.717, 1.165) is 27.5 Å². The van der Waals surface area contributed by atoms with Crippen molar-refractivity contribution in [1.82, 2.24) is 9.97 Å². The molecule has 1 aliphatic carbocycles. The Morgan fingerprint density at radius 2 is 1.11 bits per heavy atom. The Kier molecular flexibility index (Phi) is 5.32. The van der Waals surface area contributed by atoms with Crippen LogP contribution in [-0.4, -0.2) is 9.97 Å². The average Bonchev–Trinajstić information content (AvgIpc) is 3.52. The van der Waals surface area contributed by atoms with Gasteiger partial charge in [0.15, 0.2) is 5.82 Å². The van der Waals surface area contributed by atoms with Crippen molar-refractivity contribution in [3.63, 3.8) is 0 Å². The molecule has 2 heteroatoms. The lowest BCUT2D eigenvalue weighted by atomic mass is 9.81. The maximum absolute atomic E-state index is 9.46. The Balaban J connectivity index is 1.21. The van der Waals surface area contributed by atoms with Crippen LogP contribution in [0.1, 0.15) is 37.3 Å². The molecule has 8 aromatic carbocycles. The maximum atomic E-state index is 9.46. The van der Waals surface area contributed by atoms with Gasteiger partial charge in [-0.2, -0.15) is 0 Å². The third-order valence-corrected chi connectivity index (χ3v) is 10.4. The van der Waals surface area contributed by atoms with Gasteiger partial charge in [0.1, 0.15) is 0 Å². The molecule has 0 N–H and O–H groups in total. The fourth-order valence-electron chi connectivity index (χ4n) is 7.86. The van der Waals surface area contributed by atoms with Crippen LogP contribution in [0.4, 0.5) is 0 Å². The Bertz CT molecular complexity index is 3350. The van der Waals surface area contributed by atoms with E-state index in [2.05, 4.69) is 80.6 Å². The van der Waals surface area contributed by atoms with Gasteiger partial charge in [-0.05, 0) is 90.3 Å². The van der Waals surface area contributed by atoms with Gasteiger partial charge >= 0.3 is 0 Å². The molecule has 0 bridgehead atoms. The molecule has 1 aliphatic rings. The fraction of sp³-hybridized carbons (Fsp3) is 0.0588. The van der Waals surface area contributed by atoms with Gasteiger partial charge in [-0.3, -0.25) is 0 Å². The predicted molar refractivity (Wildman–Crippen MR) is 222 cm³/mol. The highest BCUT2D eigenvalue weighted by Gasteiger charge is 2.37. The molecule has 9 aromatic rings. The Hall–Kier alpha value is -6.64. The Morgan fingerprint density at radius 3 is 1.92 bits per heavy atom. The number of rotatable bonds is 5. The van der Waals surface area contributed by atoms with Crippen LogP contribution in [0.25, 0.3) is 88.8 Å². The zero-order chi connectivity index (χ0) is 43.4. The predicted octanol–water partition coefficient (Wildman–Crippen LogP) is 13.4. The molecular weight excluding hydrogens is 641 g/mol. The van der Waals surface area contributed by atoms with Crippen LogP contribution in [0.2, 0.25) is 0 Å². The molecule has 0 spiro atoms. The zero-order valence-electron chi connectivity index (χ0n) is 38.0. The van der Waals surface area contributed by atoms with Crippen LogP contribution in [-0.2, 0) is 5.41 Å². The topological polar surface area (TPSA) is 25.8 Å². The first-order chi connectivity index (χ1) is 29.8. The van der Waals surface area contributed by atoms with Crippen molar-refractivity contribution in [3.8, 4) is 67.3 Å². The quantitative estimate of drug-likeness (QED) is 0.180. The van der Waals surface area contributed by atoms with Crippen LogP contribution in [0, 0.1) is 0 Å². The van der Waals surface area contributed by atoms with E-state index >= 15 is 0 Å². The summed E-state index contributed by atoms with van der Waals surface area (Å²) in [5, 5.41) is 4.28. The average molecular weight is 686 g/mol. The van der Waals surface area contributed by atoms with Crippen LogP contribution < -0.4 is 0 Å². The van der Waals surface area contributed by atoms with Crippen LogP contribution >= 0.6 is 0 Å². The van der Waals surface area contributed by atoms with Crippen molar-refractivity contribution in [3.05, 3.63) is 193 Å². The van der Waals surface area contributed by atoms with Crippen LogP contribution in [0.5, 0.6) is 0 Å². The van der Waals surface area contributed by atoms with E-state index in [4.69, 9.17) is 20.9 Å². The van der Waals surface area contributed by atoms with Crippen molar-refractivity contribution in [2.75, 3.05) is 0 Å². The van der Waals surface area contributed by atoms with Gasteiger partial charge in [0.25, 0.3) is 0 Å². The molecule has 1 aromatic heterocycles. The highest BCUT2D eigenvalue weighted by Crippen LogP contribution is 2.54. The molecule has 2 nitrogen and oxygen atoms in total. The highest BCUT2D eigenvalue weighted by molar-refractivity contribution is 6.08. The normalized spacial score (nSPS) is 15.2. The third-order valence-electron chi connectivity index (χ3n) is 10.4. The molecular formula is C51H36N2. The van der Waals surface area contributed by atoms with E-state index in [-0.39, 0.29) is 27.8 Å². The lowest BCUT2D eigenvalue weighted by Gasteiger charge is -2.22. The smallest absolute Gasteiger partial charge is 0.160 e. The summed E-state index contributed by atoms with van der Waals surface area (Å²) < 4.78 is 78.3. The van der Waals surface area contributed by atoms with E-state index in [9.17, 15) is 1.37 Å². The minimum atomic E-state index is -0.629. The first-order valence-corrected chi connectivity index (χ1v) is 17.6. The van der Waals surface area contributed by atoms with Gasteiger partial charge in [0.05, 0.1) is 23.7 Å².